The van der Waals surface area contributed by atoms with Crippen LogP contribution in [0.15, 0.2) is 24.3 Å². The molecular weight excluding hydrogens is 233 g/mol. The van der Waals surface area contributed by atoms with Crippen LogP contribution in [-0.2, 0) is 9.59 Å². The monoisotopic (exact) mass is 249 g/mol. The van der Waals surface area contributed by atoms with E-state index < -0.39 is 11.3 Å². The highest BCUT2D eigenvalue weighted by molar-refractivity contribution is 6.02. The molecular formula is C14H16FNO2. The van der Waals surface area contributed by atoms with E-state index in [0.29, 0.717) is 12.8 Å². The zero-order chi connectivity index (χ0) is 13.3. The number of hydrogen-bond acceptors (Lipinski definition) is 2. The first-order chi connectivity index (χ1) is 8.46. The topological polar surface area (TPSA) is 46.2 Å². The van der Waals surface area contributed by atoms with Crippen molar-refractivity contribution < 1.29 is 14.0 Å². The second-order valence-electron chi connectivity index (χ2n) is 5.08. The van der Waals surface area contributed by atoms with Crippen LogP contribution >= 0.6 is 0 Å². The number of carbonyl (C=O) groups excluding carboxylic acids is 2. The highest BCUT2D eigenvalue weighted by atomic mass is 19.1. The molecule has 1 aromatic rings. The highest BCUT2D eigenvalue weighted by Gasteiger charge is 2.44. The van der Waals surface area contributed by atoms with E-state index in [1.807, 2.05) is 13.8 Å². The number of halogens is 1. The maximum Gasteiger partial charge on any atom is 0.234 e. The zero-order valence-electron chi connectivity index (χ0n) is 10.5. The van der Waals surface area contributed by atoms with Gasteiger partial charge in [-0.05, 0) is 29.5 Å². The molecule has 1 fully saturated rings. The van der Waals surface area contributed by atoms with Crippen LogP contribution in [0.25, 0.3) is 0 Å². The van der Waals surface area contributed by atoms with Gasteiger partial charge in [0.1, 0.15) is 5.82 Å². The standard InChI is InChI=1S/C14H16FNO2/c1-3-14(2)8-11(17)16-13(18)12(14)9-4-6-10(15)7-5-9/h4-7,12H,3,8H2,1-2H3,(H,16,17,18). The fourth-order valence-corrected chi connectivity index (χ4v) is 2.58. The van der Waals surface area contributed by atoms with E-state index in [1.54, 1.807) is 12.1 Å². The predicted molar refractivity (Wildman–Crippen MR) is 65.3 cm³/mol. The Morgan fingerprint density at radius 3 is 2.50 bits per heavy atom. The summed E-state index contributed by atoms with van der Waals surface area (Å²) in [6, 6.07) is 5.91. The Morgan fingerprint density at radius 2 is 1.94 bits per heavy atom. The average Bonchev–Trinajstić information content (AvgIpc) is 2.30. The minimum atomic E-state index is -0.406. The zero-order valence-corrected chi connectivity index (χ0v) is 10.5. The molecule has 2 atom stereocenters. The lowest BCUT2D eigenvalue weighted by Gasteiger charge is -2.39. The van der Waals surface area contributed by atoms with Gasteiger partial charge in [-0.25, -0.2) is 4.39 Å². The van der Waals surface area contributed by atoms with Crippen LogP contribution in [0.3, 0.4) is 0 Å². The Balaban J connectivity index is 2.42. The van der Waals surface area contributed by atoms with Crippen LogP contribution < -0.4 is 5.32 Å². The molecule has 18 heavy (non-hydrogen) atoms. The molecule has 4 heteroatoms. The van der Waals surface area contributed by atoms with Gasteiger partial charge in [0.25, 0.3) is 0 Å². The molecule has 2 unspecified atom stereocenters. The molecule has 0 radical (unpaired) electrons. The van der Waals surface area contributed by atoms with E-state index in [-0.39, 0.29) is 17.6 Å². The van der Waals surface area contributed by atoms with Crippen LogP contribution in [0.2, 0.25) is 0 Å². The number of rotatable bonds is 2. The first kappa shape index (κ1) is 12.7. The van der Waals surface area contributed by atoms with E-state index in [1.165, 1.54) is 12.1 Å². The van der Waals surface area contributed by atoms with Crippen molar-refractivity contribution >= 4 is 11.8 Å². The Hall–Kier alpha value is -1.71. The summed E-state index contributed by atoms with van der Waals surface area (Å²) in [6.45, 7) is 3.89. The van der Waals surface area contributed by atoms with Gasteiger partial charge in [-0.3, -0.25) is 14.9 Å². The third kappa shape index (κ3) is 2.15. The summed E-state index contributed by atoms with van der Waals surface area (Å²) < 4.78 is 12.9. The summed E-state index contributed by atoms with van der Waals surface area (Å²) in [6.07, 6.45) is 1.03. The van der Waals surface area contributed by atoms with Crippen molar-refractivity contribution in [1.82, 2.24) is 5.32 Å². The average molecular weight is 249 g/mol. The second kappa shape index (κ2) is 4.52. The Bertz CT molecular complexity index is 483. The second-order valence-corrected chi connectivity index (χ2v) is 5.08. The maximum absolute atomic E-state index is 12.9. The molecule has 0 spiro atoms. The quantitative estimate of drug-likeness (QED) is 0.818. The molecule has 3 nitrogen and oxygen atoms in total. The van der Waals surface area contributed by atoms with Gasteiger partial charge in [-0.1, -0.05) is 26.0 Å². The molecule has 0 aromatic heterocycles. The largest absolute Gasteiger partial charge is 0.296 e. The molecule has 0 saturated carbocycles. The van der Waals surface area contributed by atoms with E-state index in [4.69, 9.17) is 0 Å². The van der Waals surface area contributed by atoms with Gasteiger partial charge in [-0.15, -0.1) is 0 Å². The number of nitrogens with one attached hydrogen (secondary N) is 1. The summed E-state index contributed by atoms with van der Waals surface area (Å²) in [5.74, 6) is -1.25. The predicted octanol–water partition coefficient (Wildman–Crippen LogP) is 2.37. The molecule has 1 aliphatic heterocycles. The van der Waals surface area contributed by atoms with Crippen LogP contribution in [0.5, 0.6) is 0 Å². The highest BCUT2D eigenvalue weighted by Crippen LogP contribution is 2.43. The van der Waals surface area contributed by atoms with Crippen molar-refractivity contribution in [2.75, 3.05) is 0 Å². The smallest absolute Gasteiger partial charge is 0.234 e. The first-order valence-electron chi connectivity index (χ1n) is 6.05. The van der Waals surface area contributed by atoms with Crippen LogP contribution in [-0.4, -0.2) is 11.8 Å². The van der Waals surface area contributed by atoms with Gasteiger partial charge in [0.2, 0.25) is 11.8 Å². The normalized spacial score (nSPS) is 28.1. The fraction of sp³-hybridized carbons (Fsp3) is 0.429. The van der Waals surface area contributed by atoms with E-state index >= 15 is 0 Å². The van der Waals surface area contributed by atoms with Gasteiger partial charge in [0.05, 0.1) is 5.92 Å². The summed E-state index contributed by atoms with van der Waals surface area (Å²) in [4.78, 5) is 23.5. The van der Waals surface area contributed by atoms with Gasteiger partial charge >= 0.3 is 0 Å². The molecule has 1 N–H and O–H groups in total. The molecule has 1 heterocycles. The number of amides is 2. The van der Waals surface area contributed by atoms with Crippen molar-refractivity contribution in [3.63, 3.8) is 0 Å². The van der Waals surface area contributed by atoms with Crippen molar-refractivity contribution in [3.8, 4) is 0 Å². The Morgan fingerprint density at radius 1 is 1.33 bits per heavy atom. The lowest BCUT2D eigenvalue weighted by molar-refractivity contribution is -0.139. The minimum absolute atomic E-state index is 0.234. The number of carbonyl (C=O) groups is 2. The third-order valence-electron chi connectivity index (χ3n) is 3.80. The van der Waals surface area contributed by atoms with Crippen molar-refractivity contribution in [1.29, 1.82) is 0 Å². The number of benzene rings is 1. The number of hydrogen-bond donors (Lipinski definition) is 1. The van der Waals surface area contributed by atoms with Crippen molar-refractivity contribution in [3.05, 3.63) is 35.6 Å². The van der Waals surface area contributed by atoms with Gasteiger partial charge in [0.15, 0.2) is 0 Å². The summed E-state index contributed by atoms with van der Waals surface area (Å²) >= 11 is 0. The van der Waals surface area contributed by atoms with Gasteiger partial charge < -0.3 is 0 Å². The molecule has 1 aromatic carbocycles. The third-order valence-corrected chi connectivity index (χ3v) is 3.80. The van der Waals surface area contributed by atoms with E-state index in [9.17, 15) is 14.0 Å². The van der Waals surface area contributed by atoms with Crippen LogP contribution in [0, 0.1) is 11.2 Å². The lowest BCUT2D eigenvalue weighted by Crippen LogP contribution is -2.49. The Kier molecular flexibility index (Phi) is 3.20. The summed E-state index contributed by atoms with van der Waals surface area (Å²) in [5, 5.41) is 2.36. The molecule has 2 rings (SSSR count). The molecule has 0 bridgehead atoms. The van der Waals surface area contributed by atoms with E-state index in [2.05, 4.69) is 5.32 Å². The maximum atomic E-state index is 12.9. The SMILES string of the molecule is CCC1(C)CC(=O)NC(=O)C1c1ccc(F)cc1. The van der Waals surface area contributed by atoms with Gasteiger partial charge in [-0.2, -0.15) is 0 Å². The first-order valence-corrected chi connectivity index (χ1v) is 6.05. The van der Waals surface area contributed by atoms with Crippen LogP contribution in [0.4, 0.5) is 4.39 Å². The van der Waals surface area contributed by atoms with Crippen molar-refractivity contribution in [2.45, 2.75) is 32.6 Å². The molecule has 1 saturated heterocycles. The fourth-order valence-electron chi connectivity index (χ4n) is 2.58. The molecule has 1 aliphatic rings. The van der Waals surface area contributed by atoms with E-state index in [0.717, 1.165) is 5.56 Å². The molecule has 2 amide bonds. The molecule has 0 aliphatic carbocycles. The lowest BCUT2D eigenvalue weighted by atomic mass is 9.67. The Labute approximate surface area is 105 Å². The molecule has 96 valence electrons. The van der Waals surface area contributed by atoms with Crippen molar-refractivity contribution in [2.24, 2.45) is 5.41 Å². The van der Waals surface area contributed by atoms with Gasteiger partial charge in [0, 0.05) is 6.42 Å². The summed E-state index contributed by atoms with van der Waals surface area (Å²) in [5.41, 5.74) is 0.350. The van der Waals surface area contributed by atoms with Crippen LogP contribution in [0.1, 0.15) is 38.2 Å². The minimum Gasteiger partial charge on any atom is -0.296 e. The number of piperidine rings is 1. The number of imide groups is 1. The summed E-state index contributed by atoms with van der Waals surface area (Å²) in [7, 11) is 0.